The number of anilines is 1. The Morgan fingerprint density at radius 2 is 2.17 bits per heavy atom. The van der Waals surface area contributed by atoms with Crippen molar-refractivity contribution in [1.82, 2.24) is 20.1 Å². The molecule has 24 heavy (non-hydrogen) atoms. The second-order valence-corrected chi connectivity index (χ2v) is 5.90. The molecule has 0 bridgehead atoms. The van der Waals surface area contributed by atoms with Crippen LogP contribution in [-0.2, 0) is 6.54 Å². The van der Waals surface area contributed by atoms with E-state index in [1.165, 1.54) is 31.9 Å². The molecule has 124 valence electrons. The second-order valence-electron chi connectivity index (χ2n) is 5.90. The first-order valence-corrected chi connectivity index (χ1v) is 8.22. The van der Waals surface area contributed by atoms with E-state index in [1.54, 1.807) is 12.1 Å². The first-order chi connectivity index (χ1) is 11.8. The molecule has 0 aliphatic heterocycles. The van der Waals surface area contributed by atoms with Crippen LogP contribution in [0.1, 0.15) is 47.8 Å². The number of carbonyl (C=O) groups is 1. The van der Waals surface area contributed by atoms with E-state index in [0.717, 1.165) is 5.69 Å². The molecule has 3 rings (SSSR count). The summed E-state index contributed by atoms with van der Waals surface area (Å²) >= 11 is 0. The van der Waals surface area contributed by atoms with Gasteiger partial charge in [0.15, 0.2) is 0 Å². The van der Waals surface area contributed by atoms with E-state index < -0.39 is 0 Å². The van der Waals surface area contributed by atoms with Gasteiger partial charge >= 0.3 is 0 Å². The molecule has 0 spiro atoms. The van der Waals surface area contributed by atoms with Crippen molar-refractivity contribution in [3.63, 3.8) is 0 Å². The number of rotatable bonds is 6. The Balaban J connectivity index is 1.53. The summed E-state index contributed by atoms with van der Waals surface area (Å²) < 4.78 is 2.08. The van der Waals surface area contributed by atoms with Gasteiger partial charge in [0.2, 0.25) is 0 Å². The number of aromatic nitrogens is 3. The lowest BCUT2D eigenvalue weighted by Gasteiger charge is -2.09. The first kappa shape index (κ1) is 16.1. The predicted octanol–water partition coefficient (Wildman–Crippen LogP) is 2.37. The minimum absolute atomic E-state index is 0.211. The Morgan fingerprint density at radius 1 is 1.33 bits per heavy atom. The van der Waals surface area contributed by atoms with E-state index in [1.807, 2.05) is 6.07 Å². The van der Waals surface area contributed by atoms with Crippen molar-refractivity contribution < 1.29 is 4.79 Å². The van der Waals surface area contributed by atoms with E-state index in [0.29, 0.717) is 24.0 Å². The standard InChI is InChI=1S/C18H21N5O/c1-2-10-19-18(24)14-7-8-17(20-12-14)21-13-15-9-11-23(22-15)16-5-3-4-6-16/h1,7-9,11-12,16H,3-6,10,13H2,(H,19,24)(H,20,21). The van der Waals surface area contributed by atoms with Crippen molar-refractivity contribution in [2.45, 2.75) is 38.3 Å². The summed E-state index contributed by atoms with van der Waals surface area (Å²) in [6.07, 6.45) is 13.7. The molecule has 0 saturated heterocycles. The lowest BCUT2D eigenvalue weighted by Crippen LogP contribution is -2.23. The molecule has 1 saturated carbocycles. The van der Waals surface area contributed by atoms with Gasteiger partial charge in [-0.2, -0.15) is 5.10 Å². The second kappa shape index (κ2) is 7.64. The SMILES string of the molecule is C#CCNC(=O)c1ccc(NCc2ccn(C3CCCC3)n2)nc1. The van der Waals surface area contributed by atoms with Crippen molar-refractivity contribution in [2.75, 3.05) is 11.9 Å². The monoisotopic (exact) mass is 323 g/mol. The lowest BCUT2D eigenvalue weighted by atomic mass is 10.2. The van der Waals surface area contributed by atoms with E-state index in [2.05, 4.69) is 37.5 Å². The third-order valence-corrected chi connectivity index (χ3v) is 4.19. The van der Waals surface area contributed by atoms with Crippen molar-refractivity contribution >= 4 is 11.7 Å². The van der Waals surface area contributed by atoms with E-state index in [-0.39, 0.29) is 12.5 Å². The topological polar surface area (TPSA) is 71.8 Å². The largest absolute Gasteiger partial charge is 0.364 e. The van der Waals surface area contributed by atoms with Gasteiger partial charge in [-0.1, -0.05) is 18.8 Å². The number of nitrogens with zero attached hydrogens (tertiary/aromatic N) is 3. The summed E-state index contributed by atoms with van der Waals surface area (Å²) in [4.78, 5) is 16.0. The summed E-state index contributed by atoms with van der Waals surface area (Å²) in [6.45, 7) is 0.817. The molecule has 0 aromatic carbocycles. The molecular weight excluding hydrogens is 302 g/mol. The normalized spacial score (nSPS) is 14.3. The maximum absolute atomic E-state index is 11.7. The number of terminal acetylenes is 1. The fraction of sp³-hybridized carbons (Fsp3) is 0.389. The van der Waals surface area contributed by atoms with Gasteiger partial charge in [0.1, 0.15) is 5.82 Å². The third kappa shape index (κ3) is 3.93. The van der Waals surface area contributed by atoms with Crippen LogP contribution in [0, 0.1) is 12.3 Å². The van der Waals surface area contributed by atoms with Crippen LogP contribution in [-0.4, -0.2) is 27.2 Å². The third-order valence-electron chi connectivity index (χ3n) is 4.19. The molecule has 6 heteroatoms. The molecule has 0 atom stereocenters. The quantitative estimate of drug-likeness (QED) is 0.801. The highest BCUT2D eigenvalue weighted by Gasteiger charge is 2.17. The summed E-state index contributed by atoms with van der Waals surface area (Å²) in [5.74, 6) is 2.85. The van der Waals surface area contributed by atoms with Crippen LogP contribution in [0.3, 0.4) is 0 Å². The van der Waals surface area contributed by atoms with Crippen LogP contribution in [0.4, 0.5) is 5.82 Å². The van der Waals surface area contributed by atoms with Crippen LogP contribution >= 0.6 is 0 Å². The molecule has 2 heterocycles. The van der Waals surface area contributed by atoms with Crippen molar-refractivity contribution in [3.05, 3.63) is 41.9 Å². The summed E-state index contributed by atoms with van der Waals surface area (Å²) in [5, 5.41) is 10.5. The number of carbonyl (C=O) groups excluding carboxylic acids is 1. The minimum atomic E-state index is -0.220. The van der Waals surface area contributed by atoms with Gasteiger partial charge < -0.3 is 10.6 Å². The summed E-state index contributed by atoms with van der Waals surface area (Å²) in [7, 11) is 0. The molecule has 1 amide bonds. The van der Waals surface area contributed by atoms with E-state index in [9.17, 15) is 4.79 Å². The van der Waals surface area contributed by atoms with Crippen LogP contribution < -0.4 is 10.6 Å². The fourth-order valence-corrected chi connectivity index (χ4v) is 2.89. The van der Waals surface area contributed by atoms with Gasteiger partial charge in [0.25, 0.3) is 5.91 Å². The number of hydrogen-bond acceptors (Lipinski definition) is 4. The molecule has 0 unspecified atom stereocenters. The molecule has 1 aliphatic rings. The van der Waals surface area contributed by atoms with E-state index in [4.69, 9.17) is 6.42 Å². The number of amides is 1. The molecule has 0 radical (unpaired) electrons. The van der Waals surface area contributed by atoms with Crippen LogP contribution in [0.5, 0.6) is 0 Å². The Morgan fingerprint density at radius 3 is 2.88 bits per heavy atom. The predicted molar refractivity (Wildman–Crippen MR) is 92.5 cm³/mol. The molecule has 1 fully saturated rings. The zero-order chi connectivity index (χ0) is 16.8. The van der Waals surface area contributed by atoms with Gasteiger partial charge in [0.05, 0.1) is 30.4 Å². The molecule has 1 aliphatic carbocycles. The molecule has 2 aromatic rings. The van der Waals surface area contributed by atoms with Gasteiger partial charge in [-0.05, 0) is 31.0 Å². The fourth-order valence-electron chi connectivity index (χ4n) is 2.89. The highest BCUT2D eigenvalue weighted by atomic mass is 16.1. The van der Waals surface area contributed by atoms with Crippen LogP contribution in [0.2, 0.25) is 0 Å². The molecule has 2 aromatic heterocycles. The number of hydrogen-bond donors (Lipinski definition) is 2. The highest BCUT2D eigenvalue weighted by molar-refractivity contribution is 5.94. The van der Waals surface area contributed by atoms with Crippen LogP contribution in [0.25, 0.3) is 0 Å². The minimum Gasteiger partial charge on any atom is -0.364 e. The first-order valence-electron chi connectivity index (χ1n) is 8.22. The Bertz CT molecular complexity index is 723. The van der Waals surface area contributed by atoms with Gasteiger partial charge in [-0.15, -0.1) is 6.42 Å². The van der Waals surface area contributed by atoms with Gasteiger partial charge in [-0.3, -0.25) is 9.48 Å². The maximum Gasteiger partial charge on any atom is 0.253 e. The van der Waals surface area contributed by atoms with E-state index >= 15 is 0 Å². The average Bonchev–Trinajstić information content (AvgIpc) is 3.29. The van der Waals surface area contributed by atoms with Crippen molar-refractivity contribution in [3.8, 4) is 12.3 Å². The smallest absolute Gasteiger partial charge is 0.253 e. The molecular formula is C18H21N5O. The Labute approximate surface area is 141 Å². The Hall–Kier alpha value is -2.81. The zero-order valence-electron chi connectivity index (χ0n) is 13.5. The van der Waals surface area contributed by atoms with Gasteiger partial charge in [-0.25, -0.2) is 4.98 Å². The van der Waals surface area contributed by atoms with Crippen molar-refractivity contribution in [2.24, 2.45) is 0 Å². The van der Waals surface area contributed by atoms with Gasteiger partial charge in [0, 0.05) is 12.4 Å². The maximum atomic E-state index is 11.7. The summed E-state index contributed by atoms with van der Waals surface area (Å²) in [6, 6.07) is 6.09. The zero-order valence-corrected chi connectivity index (χ0v) is 13.5. The number of pyridine rings is 1. The lowest BCUT2D eigenvalue weighted by molar-refractivity contribution is 0.0958. The Kier molecular flexibility index (Phi) is 5.12. The highest BCUT2D eigenvalue weighted by Crippen LogP contribution is 2.28. The molecule has 2 N–H and O–H groups in total. The molecule has 6 nitrogen and oxygen atoms in total. The number of nitrogens with one attached hydrogen (secondary N) is 2. The van der Waals surface area contributed by atoms with Crippen LogP contribution in [0.15, 0.2) is 30.6 Å². The van der Waals surface area contributed by atoms with Crippen molar-refractivity contribution in [1.29, 1.82) is 0 Å². The summed E-state index contributed by atoms with van der Waals surface area (Å²) in [5.41, 5.74) is 1.47. The average molecular weight is 323 g/mol.